The minimum atomic E-state index is -0.233. The van der Waals surface area contributed by atoms with Crippen LogP contribution >= 0.6 is 0 Å². The number of rotatable bonds is 4. The molecule has 0 amide bonds. The number of furan rings is 1. The molecule has 0 aliphatic rings. The first-order valence-electron chi connectivity index (χ1n) is 6.92. The van der Waals surface area contributed by atoms with Gasteiger partial charge in [0.25, 0.3) is 0 Å². The topological polar surface area (TPSA) is 29.3 Å². The lowest BCUT2D eigenvalue weighted by molar-refractivity contribution is 0.224. The molecule has 3 rings (SSSR count). The average molecular weight is 284 g/mol. The summed E-state index contributed by atoms with van der Waals surface area (Å²) in [7, 11) is 2.02. The molecule has 0 aliphatic heterocycles. The van der Waals surface area contributed by atoms with Crippen molar-refractivity contribution in [1.82, 2.24) is 9.88 Å². The Kier molecular flexibility index (Phi) is 3.71. The highest BCUT2D eigenvalue weighted by Crippen LogP contribution is 2.25. The maximum absolute atomic E-state index is 13.8. The van der Waals surface area contributed by atoms with E-state index in [4.69, 9.17) is 4.42 Å². The van der Waals surface area contributed by atoms with Crippen LogP contribution in [-0.2, 0) is 6.54 Å². The third-order valence-corrected chi connectivity index (χ3v) is 3.84. The maximum atomic E-state index is 13.8. The molecule has 2 heterocycles. The fourth-order valence-corrected chi connectivity index (χ4v) is 2.48. The summed E-state index contributed by atoms with van der Waals surface area (Å²) in [4.78, 5) is 6.48. The van der Waals surface area contributed by atoms with Crippen molar-refractivity contribution >= 4 is 10.9 Å². The molecule has 3 aromatic rings. The minimum absolute atomic E-state index is 0.142. The van der Waals surface area contributed by atoms with E-state index < -0.39 is 0 Å². The molecule has 0 aliphatic carbocycles. The van der Waals surface area contributed by atoms with E-state index in [-0.39, 0.29) is 11.9 Å². The van der Waals surface area contributed by atoms with E-state index in [9.17, 15) is 4.39 Å². The monoisotopic (exact) mass is 284 g/mol. The molecule has 3 nitrogen and oxygen atoms in total. The Balaban J connectivity index is 1.90. The van der Waals surface area contributed by atoms with Gasteiger partial charge in [0, 0.05) is 18.1 Å². The zero-order valence-corrected chi connectivity index (χ0v) is 12.1. The van der Waals surface area contributed by atoms with Crippen molar-refractivity contribution in [3.63, 3.8) is 0 Å². The Morgan fingerprint density at radius 2 is 2.10 bits per heavy atom. The number of nitrogens with zero attached hydrogens (tertiary/aromatic N) is 2. The van der Waals surface area contributed by atoms with Crippen LogP contribution in [0.2, 0.25) is 0 Å². The van der Waals surface area contributed by atoms with Crippen LogP contribution in [0.15, 0.2) is 53.3 Å². The van der Waals surface area contributed by atoms with Gasteiger partial charge in [-0.2, -0.15) is 0 Å². The number of pyridine rings is 1. The summed E-state index contributed by atoms with van der Waals surface area (Å²) in [6.45, 7) is 2.76. The van der Waals surface area contributed by atoms with E-state index in [1.165, 1.54) is 6.07 Å². The molecule has 1 atom stereocenters. The van der Waals surface area contributed by atoms with Crippen molar-refractivity contribution in [2.24, 2.45) is 0 Å². The molecule has 0 saturated heterocycles. The molecule has 108 valence electrons. The zero-order chi connectivity index (χ0) is 14.8. The van der Waals surface area contributed by atoms with Crippen LogP contribution in [0.25, 0.3) is 10.9 Å². The smallest absolute Gasteiger partial charge is 0.132 e. The van der Waals surface area contributed by atoms with Crippen molar-refractivity contribution in [2.75, 3.05) is 7.05 Å². The highest BCUT2D eigenvalue weighted by atomic mass is 19.1. The van der Waals surface area contributed by atoms with Crippen molar-refractivity contribution in [2.45, 2.75) is 19.5 Å². The van der Waals surface area contributed by atoms with E-state index in [1.54, 1.807) is 30.7 Å². The van der Waals surface area contributed by atoms with E-state index in [0.29, 0.717) is 11.9 Å². The third-order valence-electron chi connectivity index (χ3n) is 3.84. The molecule has 2 aromatic heterocycles. The second kappa shape index (κ2) is 5.66. The predicted octanol–water partition coefficient (Wildman–Crippen LogP) is 4.16. The number of halogens is 1. The van der Waals surface area contributed by atoms with Gasteiger partial charge in [0.15, 0.2) is 0 Å². The van der Waals surface area contributed by atoms with Crippen LogP contribution in [-0.4, -0.2) is 16.9 Å². The highest BCUT2D eigenvalue weighted by molar-refractivity contribution is 5.82. The molecule has 1 unspecified atom stereocenters. The van der Waals surface area contributed by atoms with Crippen molar-refractivity contribution in [1.29, 1.82) is 0 Å². The van der Waals surface area contributed by atoms with Gasteiger partial charge in [-0.25, -0.2) is 4.39 Å². The molecule has 4 heteroatoms. The summed E-state index contributed by atoms with van der Waals surface area (Å²) >= 11 is 0. The normalized spacial score (nSPS) is 13.0. The van der Waals surface area contributed by atoms with Gasteiger partial charge in [-0.1, -0.05) is 6.07 Å². The third kappa shape index (κ3) is 2.67. The van der Waals surface area contributed by atoms with Gasteiger partial charge in [0.1, 0.15) is 11.6 Å². The summed E-state index contributed by atoms with van der Waals surface area (Å²) < 4.78 is 19.3. The summed E-state index contributed by atoms with van der Waals surface area (Å²) in [5, 5.41) is 0.564. The molecule has 0 N–H and O–H groups in total. The van der Waals surface area contributed by atoms with Crippen LogP contribution in [0, 0.1) is 5.82 Å². The summed E-state index contributed by atoms with van der Waals surface area (Å²) in [6.07, 6.45) is 3.37. The van der Waals surface area contributed by atoms with Crippen molar-refractivity contribution in [3.8, 4) is 0 Å². The fraction of sp³-hybridized carbons (Fsp3) is 0.235. The van der Waals surface area contributed by atoms with Crippen LogP contribution in [0.4, 0.5) is 4.39 Å². The Morgan fingerprint density at radius 1 is 1.24 bits per heavy atom. The summed E-state index contributed by atoms with van der Waals surface area (Å²) in [5.74, 6) is 0.681. The van der Waals surface area contributed by atoms with Gasteiger partial charge >= 0.3 is 0 Å². The van der Waals surface area contributed by atoms with Crippen molar-refractivity contribution < 1.29 is 8.81 Å². The van der Waals surface area contributed by atoms with Crippen LogP contribution in [0.1, 0.15) is 24.3 Å². The summed E-state index contributed by atoms with van der Waals surface area (Å²) in [5.41, 5.74) is 1.73. The van der Waals surface area contributed by atoms with Crippen molar-refractivity contribution in [3.05, 3.63) is 66.0 Å². The average Bonchev–Trinajstić information content (AvgIpc) is 3.04. The Bertz CT molecular complexity index is 740. The molecular formula is C17H17FN2O. The van der Waals surface area contributed by atoms with Crippen LogP contribution in [0.5, 0.6) is 0 Å². The number of hydrogen-bond acceptors (Lipinski definition) is 3. The van der Waals surface area contributed by atoms with Gasteiger partial charge in [-0.05, 0) is 49.9 Å². The largest absolute Gasteiger partial charge is 0.468 e. The minimum Gasteiger partial charge on any atom is -0.468 e. The van der Waals surface area contributed by atoms with Crippen LogP contribution < -0.4 is 0 Å². The molecule has 0 bridgehead atoms. The first kappa shape index (κ1) is 13.8. The predicted molar refractivity (Wildman–Crippen MR) is 80.3 cm³/mol. The highest BCUT2D eigenvalue weighted by Gasteiger charge is 2.16. The number of fused-ring (bicyclic) bond motifs is 1. The maximum Gasteiger partial charge on any atom is 0.132 e. The quantitative estimate of drug-likeness (QED) is 0.720. The van der Waals surface area contributed by atoms with E-state index in [0.717, 1.165) is 16.8 Å². The zero-order valence-electron chi connectivity index (χ0n) is 12.1. The Labute approximate surface area is 123 Å². The van der Waals surface area contributed by atoms with Gasteiger partial charge in [0.2, 0.25) is 0 Å². The fourth-order valence-electron chi connectivity index (χ4n) is 2.48. The second-order valence-corrected chi connectivity index (χ2v) is 5.21. The number of hydrogen-bond donors (Lipinski definition) is 0. The van der Waals surface area contributed by atoms with Gasteiger partial charge in [-0.3, -0.25) is 9.88 Å². The Hall–Kier alpha value is -2.20. The molecule has 0 spiro atoms. The molecule has 1 aromatic carbocycles. The standard InChI is InChI=1S/C17H17FN2O/c1-12(16-6-4-10-21-16)20(2)11-13-7-8-15(18)14-5-3-9-19-17(13)14/h3-10,12H,11H2,1-2H3. The van der Waals surface area contributed by atoms with Gasteiger partial charge in [0.05, 0.1) is 17.8 Å². The molecule has 0 radical (unpaired) electrons. The molecule has 0 saturated carbocycles. The number of aromatic nitrogens is 1. The van der Waals surface area contributed by atoms with E-state index in [2.05, 4.69) is 16.8 Å². The SMILES string of the molecule is CC(c1ccco1)N(C)Cc1ccc(F)c2cccnc12. The van der Waals surface area contributed by atoms with Gasteiger partial charge in [-0.15, -0.1) is 0 Å². The Morgan fingerprint density at radius 3 is 2.86 bits per heavy atom. The first-order chi connectivity index (χ1) is 10.2. The lowest BCUT2D eigenvalue weighted by atomic mass is 10.1. The molecule has 21 heavy (non-hydrogen) atoms. The number of benzene rings is 1. The van der Waals surface area contributed by atoms with Gasteiger partial charge < -0.3 is 4.42 Å². The first-order valence-corrected chi connectivity index (χ1v) is 6.92. The molecular weight excluding hydrogens is 267 g/mol. The van der Waals surface area contributed by atoms with E-state index in [1.807, 2.05) is 19.2 Å². The summed E-state index contributed by atoms with van der Waals surface area (Å²) in [6, 6.07) is 10.8. The van der Waals surface area contributed by atoms with E-state index >= 15 is 0 Å². The lowest BCUT2D eigenvalue weighted by Crippen LogP contribution is -2.21. The molecule has 0 fully saturated rings. The van der Waals surface area contributed by atoms with Crippen LogP contribution in [0.3, 0.4) is 0 Å². The second-order valence-electron chi connectivity index (χ2n) is 5.21. The lowest BCUT2D eigenvalue weighted by Gasteiger charge is -2.23.